The van der Waals surface area contributed by atoms with E-state index < -0.39 is 36.0 Å². The molecule has 0 aromatic carbocycles. The van der Waals surface area contributed by atoms with Gasteiger partial charge in [0.2, 0.25) is 0 Å². The van der Waals surface area contributed by atoms with Gasteiger partial charge in [0, 0.05) is 0 Å². The van der Waals surface area contributed by atoms with Crippen molar-refractivity contribution < 1.29 is 62.2 Å². The van der Waals surface area contributed by atoms with Crippen LogP contribution in [0.3, 0.4) is 0 Å². The third-order valence-corrected chi connectivity index (χ3v) is 2.13. The molecule has 0 fully saturated rings. The summed E-state index contributed by atoms with van der Waals surface area (Å²) >= 11 is 0. The second-order valence-corrected chi connectivity index (χ2v) is 3.36. The first-order chi connectivity index (χ1) is 8.25. The van der Waals surface area contributed by atoms with Gasteiger partial charge < -0.3 is 5.11 Å². The van der Waals surface area contributed by atoms with Crippen LogP contribution in [0.4, 0.5) is 57.1 Å². The molecule has 0 aliphatic heterocycles. The summed E-state index contributed by atoms with van der Waals surface area (Å²) in [6.07, 6.45) is -30.9. The van der Waals surface area contributed by atoms with Crippen LogP contribution in [0, 0.1) is 5.41 Å². The highest BCUT2D eigenvalue weighted by Crippen LogP contribution is 2.68. The van der Waals surface area contributed by atoms with E-state index >= 15 is 0 Å². The first-order valence-electron chi connectivity index (χ1n) is 3.93. The standard InChI is InChI=1S/C6HF13O/c7-2(8,5(15,16)17)1(3(9,10)11,4(12,13)14)6(18,19)20/h20H. The summed E-state index contributed by atoms with van der Waals surface area (Å²) in [4.78, 5) is 0. The molecular weight excluding hydrogens is 335 g/mol. The summed E-state index contributed by atoms with van der Waals surface area (Å²) < 4.78 is 157. The Kier molecular flexibility index (Phi) is 4.07. The largest absolute Gasteiger partial charge is 0.455 e. The molecule has 0 spiro atoms. The molecule has 0 radical (unpaired) electrons. The maximum Gasteiger partial charge on any atom is 0.455 e. The van der Waals surface area contributed by atoms with Crippen LogP contribution in [-0.2, 0) is 0 Å². The highest BCUT2D eigenvalue weighted by Gasteiger charge is 2.97. The Morgan fingerprint density at radius 3 is 0.750 bits per heavy atom. The van der Waals surface area contributed by atoms with Crippen molar-refractivity contribution in [1.82, 2.24) is 0 Å². The molecule has 0 aliphatic rings. The molecule has 0 atom stereocenters. The number of hydrogen-bond acceptors (Lipinski definition) is 1. The summed E-state index contributed by atoms with van der Waals surface area (Å²) in [5.74, 6) is -8.05. The molecule has 0 saturated heterocycles. The van der Waals surface area contributed by atoms with Crippen molar-refractivity contribution in [2.75, 3.05) is 0 Å². The van der Waals surface area contributed by atoms with Crippen molar-refractivity contribution in [3.8, 4) is 0 Å². The third kappa shape index (κ3) is 2.26. The SMILES string of the molecule is OC(F)(F)C(C(F)(F)F)(C(F)(F)F)C(F)(F)C(F)(F)F. The van der Waals surface area contributed by atoms with Gasteiger partial charge in [-0.3, -0.25) is 0 Å². The minimum absolute atomic E-state index is 7.50. The lowest BCUT2D eigenvalue weighted by Crippen LogP contribution is -2.73. The zero-order valence-electron chi connectivity index (χ0n) is 8.36. The van der Waals surface area contributed by atoms with E-state index in [1.165, 1.54) is 0 Å². The van der Waals surface area contributed by atoms with Crippen molar-refractivity contribution in [3.63, 3.8) is 0 Å². The molecule has 0 amide bonds. The number of hydrogen-bond donors (Lipinski definition) is 1. The van der Waals surface area contributed by atoms with Crippen LogP contribution in [0.1, 0.15) is 0 Å². The van der Waals surface area contributed by atoms with Gasteiger partial charge in [-0.2, -0.15) is 57.1 Å². The van der Waals surface area contributed by atoms with Crippen LogP contribution in [0.25, 0.3) is 0 Å². The molecule has 0 aromatic rings. The highest BCUT2D eigenvalue weighted by molar-refractivity contribution is 5.10. The van der Waals surface area contributed by atoms with Gasteiger partial charge in [-0.1, -0.05) is 0 Å². The molecule has 122 valence electrons. The quantitative estimate of drug-likeness (QED) is 0.759. The van der Waals surface area contributed by atoms with Gasteiger partial charge in [0.25, 0.3) is 0 Å². The average Bonchev–Trinajstić information content (AvgIpc) is 1.89. The van der Waals surface area contributed by atoms with Crippen LogP contribution in [0.5, 0.6) is 0 Å². The molecule has 14 heteroatoms. The minimum Gasteiger partial charge on any atom is -0.335 e. The van der Waals surface area contributed by atoms with Gasteiger partial charge in [-0.15, -0.1) is 0 Å². The van der Waals surface area contributed by atoms with Gasteiger partial charge in [0.1, 0.15) is 0 Å². The van der Waals surface area contributed by atoms with Crippen molar-refractivity contribution in [2.45, 2.75) is 30.6 Å². The molecule has 0 unspecified atom stereocenters. The van der Waals surface area contributed by atoms with Gasteiger partial charge in [0.15, 0.2) is 0 Å². The van der Waals surface area contributed by atoms with E-state index in [0.29, 0.717) is 0 Å². The minimum atomic E-state index is -8.05. The van der Waals surface area contributed by atoms with Crippen molar-refractivity contribution in [3.05, 3.63) is 0 Å². The smallest absolute Gasteiger partial charge is 0.335 e. The first-order valence-corrected chi connectivity index (χ1v) is 3.93. The fourth-order valence-corrected chi connectivity index (χ4v) is 1.26. The summed E-state index contributed by atoms with van der Waals surface area (Å²) in [5, 5.41) is 7.54. The molecule has 1 N–H and O–H groups in total. The molecular formula is C6HF13O. The number of alkyl halides is 13. The second kappa shape index (κ2) is 4.27. The molecule has 0 aromatic heterocycles. The van der Waals surface area contributed by atoms with Crippen molar-refractivity contribution in [1.29, 1.82) is 0 Å². The Morgan fingerprint density at radius 2 is 0.700 bits per heavy atom. The topological polar surface area (TPSA) is 20.2 Å². The summed E-state index contributed by atoms with van der Waals surface area (Å²) in [7, 11) is 0. The van der Waals surface area contributed by atoms with Gasteiger partial charge in [-0.25, -0.2) is 0 Å². The Bertz CT molecular complexity index is 315. The summed E-state index contributed by atoms with van der Waals surface area (Å²) in [6.45, 7) is 0. The van der Waals surface area contributed by atoms with Gasteiger partial charge >= 0.3 is 36.0 Å². The fourth-order valence-electron chi connectivity index (χ4n) is 1.26. The lowest BCUT2D eigenvalue weighted by atomic mass is 9.77. The number of rotatable bonds is 2. The molecule has 0 heterocycles. The van der Waals surface area contributed by atoms with E-state index in [2.05, 4.69) is 0 Å². The monoisotopic (exact) mass is 336 g/mol. The molecule has 0 saturated carbocycles. The predicted octanol–water partition coefficient (Wildman–Crippen LogP) is 3.88. The van der Waals surface area contributed by atoms with Crippen LogP contribution in [-0.4, -0.2) is 35.7 Å². The van der Waals surface area contributed by atoms with Crippen LogP contribution in [0.2, 0.25) is 0 Å². The molecule has 0 rings (SSSR count). The van der Waals surface area contributed by atoms with E-state index in [1.54, 1.807) is 0 Å². The summed E-state index contributed by atoms with van der Waals surface area (Å²) in [5.41, 5.74) is -8.04. The molecule has 0 bridgehead atoms. The molecule has 0 aliphatic carbocycles. The normalized spacial score (nSPS) is 16.5. The lowest BCUT2D eigenvalue weighted by molar-refractivity contribution is -0.519. The van der Waals surface area contributed by atoms with Crippen molar-refractivity contribution >= 4 is 0 Å². The zero-order chi connectivity index (χ0) is 17.0. The maximum atomic E-state index is 12.5. The third-order valence-electron chi connectivity index (χ3n) is 2.13. The van der Waals surface area contributed by atoms with Crippen molar-refractivity contribution in [2.24, 2.45) is 5.41 Å². The molecule has 20 heavy (non-hydrogen) atoms. The highest BCUT2D eigenvalue weighted by atomic mass is 19.4. The van der Waals surface area contributed by atoms with E-state index in [1.807, 2.05) is 0 Å². The number of halogens is 13. The van der Waals surface area contributed by atoms with Crippen LogP contribution in [0.15, 0.2) is 0 Å². The lowest BCUT2D eigenvalue weighted by Gasteiger charge is -2.44. The zero-order valence-corrected chi connectivity index (χ0v) is 8.36. The Hall–Kier alpha value is -0.950. The Labute approximate surface area is 99.5 Å². The number of aliphatic hydroxyl groups is 1. The predicted molar refractivity (Wildman–Crippen MR) is 32.7 cm³/mol. The Balaban J connectivity index is 6.83. The van der Waals surface area contributed by atoms with E-state index in [4.69, 9.17) is 5.11 Å². The maximum absolute atomic E-state index is 12.5. The molecule has 1 nitrogen and oxygen atoms in total. The van der Waals surface area contributed by atoms with Gasteiger partial charge in [-0.05, 0) is 0 Å². The van der Waals surface area contributed by atoms with Crippen LogP contribution >= 0.6 is 0 Å². The fraction of sp³-hybridized carbons (Fsp3) is 1.00. The average molecular weight is 336 g/mol. The summed E-state index contributed by atoms with van der Waals surface area (Å²) in [6, 6.07) is 0. The Morgan fingerprint density at radius 1 is 0.450 bits per heavy atom. The van der Waals surface area contributed by atoms with Crippen LogP contribution < -0.4 is 0 Å². The van der Waals surface area contributed by atoms with E-state index in [0.717, 1.165) is 0 Å². The first kappa shape index (κ1) is 19.1. The van der Waals surface area contributed by atoms with E-state index in [-0.39, 0.29) is 0 Å². The van der Waals surface area contributed by atoms with Gasteiger partial charge in [0.05, 0.1) is 0 Å². The second-order valence-electron chi connectivity index (χ2n) is 3.36. The van der Waals surface area contributed by atoms with E-state index in [9.17, 15) is 57.1 Å².